The van der Waals surface area contributed by atoms with Crippen LogP contribution in [0.3, 0.4) is 0 Å². The molecular formula is C24H50N+. The van der Waals surface area contributed by atoms with E-state index in [4.69, 9.17) is 0 Å². The Kier molecular flexibility index (Phi) is 14.9. The lowest BCUT2D eigenvalue weighted by Crippen LogP contribution is -2.46. The van der Waals surface area contributed by atoms with Crippen LogP contribution < -0.4 is 0 Å². The van der Waals surface area contributed by atoms with Gasteiger partial charge in [0, 0.05) is 12.8 Å². The summed E-state index contributed by atoms with van der Waals surface area (Å²) >= 11 is 0. The number of unbranched alkanes of at least 4 members (excludes halogenated alkanes) is 14. The Morgan fingerprint density at radius 1 is 0.440 bits per heavy atom. The van der Waals surface area contributed by atoms with E-state index in [2.05, 4.69) is 13.8 Å². The quantitative estimate of drug-likeness (QED) is 0.174. The molecule has 1 aliphatic heterocycles. The molecule has 1 rings (SSSR count). The van der Waals surface area contributed by atoms with Gasteiger partial charge >= 0.3 is 0 Å². The third kappa shape index (κ3) is 12.1. The van der Waals surface area contributed by atoms with Crippen molar-refractivity contribution in [2.24, 2.45) is 0 Å². The Balaban J connectivity index is 1.93. The molecule has 0 N–H and O–H groups in total. The van der Waals surface area contributed by atoms with Crippen LogP contribution in [0, 0.1) is 0 Å². The number of rotatable bonds is 18. The molecule has 0 bridgehead atoms. The zero-order valence-corrected chi connectivity index (χ0v) is 18.0. The first-order valence-electron chi connectivity index (χ1n) is 12.2. The van der Waals surface area contributed by atoms with Crippen molar-refractivity contribution < 1.29 is 4.48 Å². The summed E-state index contributed by atoms with van der Waals surface area (Å²) in [4.78, 5) is 0. The molecule has 0 aromatic carbocycles. The molecule has 0 amide bonds. The third-order valence-electron chi connectivity index (χ3n) is 6.49. The lowest BCUT2D eigenvalue weighted by atomic mass is 10.0. The van der Waals surface area contributed by atoms with Gasteiger partial charge in [-0.2, -0.15) is 0 Å². The van der Waals surface area contributed by atoms with E-state index in [1.807, 2.05) is 0 Å². The minimum atomic E-state index is 1.37. The van der Waals surface area contributed by atoms with E-state index in [0.717, 1.165) is 0 Å². The molecule has 0 saturated carbocycles. The molecule has 1 nitrogen and oxygen atoms in total. The predicted molar refractivity (Wildman–Crippen MR) is 114 cm³/mol. The van der Waals surface area contributed by atoms with Crippen LogP contribution in [0.5, 0.6) is 0 Å². The largest absolute Gasteiger partial charge is 0.324 e. The zero-order valence-electron chi connectivity index (χ0n) is 18.0. The van der Waals surface area contributed by atoms with Gasteiger partial charge in [-0.15, -0.1) is 0 Å². The fourth-order valence-corrected chi connectivity index (χ4v) is 4.73. The Bertz CT molecular complexity index is 267. The van der Waals surface area contributed by atoms with Gasteiger partial charge in [-0.05, 0) is 25.7 Å². The number of likely N-dealkylation sites (tertiary alicyclic amines) is 1. The molecule has 25 heavy (non-hydrogen) atoms. The fourth-order valence-electron chi connectivity index (χ4n) is 4.73. The minimum Gasteiger partial charge on any atom is -0.324 e. The molecule has 0 atom stereocenters. The van der Waals surface area contributed by atoms with Crippen LogP contribution in [-0.4, -0.2) is 30.7 Å². The number of quaternary nitrogens is 1. The van der Waals surface area contributed by atoms with Crippen molar-refractivity contribution >= 4 is 0 Å². The van der Waals surface area contributed by atoms with E-state index >= 15 is 0 Å². The zero-order chi connectivity index (χ0) is 18.1. The van der Waals surface area contributed by atoms with Crippen LogP contribution in [0.25, 0.3) is 0 Å². The van der Waals surface area contributed by atoms with E-state index in [-0.39, 0.29) is 0 Å². The maximum atomic E-state index is 2.33. The van der Waals surface area contributed by atoms with Gasteiger partial charge in [0.1, 0.15) is 0 Å². The summed E-state index contributed by atoms with van der Waals surface area (Å²) in [5, 5.41) is 0. The normalized spacial score (nSPS) is 16.6. The number of nitrogens with zero attached hydrogens (tertiary/aromatic N) is 1. The molecule has 0 radical (unpaired) electrons. The Morgan fingerprint density at radius 2 is 0.760 bits per heavy atom. The van der Waals surface area contributed by atoms with E-state index in [1.165, 1.54) is 146 Å². The topological polar surface area (TPSA) is 0 Å². The van der Waals surface area contributed by atoms with Gasteiger partial charge in [0.05, 0.1) is 26.2 Å². The van der Waals surface area contributed by atoms with Gasteiger partial charge in [-0.3, -0.25) is 0 Å². The second kappa shape index (κ2) is 16.2. The summed E-state index contributed by atoms with van der Waals surface area (Å²) < 4.78 is 1.49. The summed E-state index contributed by atoms with van der Waals surface area (Å²) in [6, 6.07) is 0. The standard InChI is InChI=1S/C24H50N/c1-3-5-7-9-10-11-12-13-14-15-16-18-22-25(23-19-20-24-25)21-17-8-6-4-2/h3-24H2,1-2H3/q+1. The molecule has 1 aliphatic rings. The molecular weight excluding hydrogens is 302 g/mol. The van der Waals surface area contributed by atoms with E-state index in [9.17, 15) is 0 Å². The average Bonchev–Trinajstić information content (AvgIpc) is 3.09. The highest BCUT2D eigenvalue weighted by Gasteiger charge is 2.30. The van der Waals surface area contributed by atoms with Crippen molar-refractivity contribution in [3.63, 3.8) is 0 Å². The average molecular weight is 353 g/mol. The molecule has 0 unspecified atom stereocenters. The lowest BCUT2D eigenvalue weighted by Gasteiger charge is -2.34. The van der Waals surface area contributed by atoms with Gasteiger partial charge < -0.3 is 4.48 Å². The molecule has 1 saturated heterocycles. The van der Waals surface area contributed by atoms with Gasteiger partial charge in [0.2, 0.25) is 0 Å². The summed E-state index contributed by atoms with van der Waals surface area (Å²) in [6.45, 7) is 10.6. The summed E-state index contributed by atoms with van der Waals surface area (Å²) in [5.74, 6) is 0. The van der Waals surface area contributed by atoms with Crippen molar-refractivity contribution in [1.82, 2.24) is 0 Å². The fraction of sp³-hybridized carbons (Fsp3) is 1.00. The van der Waals surface area contributed by atoms with Crippen molar-refractivity contribution in [2.75, 3.05) is 26.2 Å². The van der Waals surface area contributed by atoms with Crippen LogP contribution >= 0.6 is 0 Å². The maximum absolute atomic E-state index is 2.33. The Morgan fingerprint density at radius 3 is 1.16 bits per heavy atom. The molecule has 1 heteroatoms. The second-order valence-electron chi connectivity index (χ2n) is 8.89. The van der Waals surface area contributed by atoms with E-state index < -0.39 is 0 Å². The second-order valence-corrected chi connectivity index (χ2v) is 8.89. The van der Waals surface area contributed by atoms with Gasteiger partial charge in [0.15, 0.2) is 0 Å². The summed E-state index contributed by atoms with van der Waals surface area (Å²) in [7, 11) is 0. The first kappa shape index (κ1) is 23.0. The van der Waals surface area contributed by atoms with Gasteiger partial charge in [-0.1, -0.05) is 90.9 Å². The first-order valence-corrected chi connectivity index (χ1v) is 12.2. The maximum Gasteiger partial charge on any atom is 0.0788 e. The Labute approximate surface area is 160 Å². The van der Waals surface area contributed by atoms with Gasteiger partial charge in [0.25, 0.3) is 0 Å². The van der Waals surface area contributed by atoms with Crippen LogP contribution in [0.1, 0.15) is 129 Å². The molecule has 0 aromatic heterocycles. The summed E-state index contributed by atoms with van der Waals surface area (Å²) in [5.41, 5.74) is 0. The van der Waals surface area contributed by atoms with E-state index in [1.54, 1.807) is 0 Å². The van der Waals surface area contributed by atoms with Crippen LogP contribution in [0.15, 0.2) is 0 Å². The Hall–Kier alpha value is -0.0400. The van der Waals surface area contributed by atoms with Crippen molar-refractivity contribution in [2.45, 2.75) is 129 Å². The molecule has 1 fully saturated rings. The molecule has 1 heterocycles. The van der Waals surface area contributed by atoms with Crippen molar-refractivity contribution in [3.8, 4) is 0 Å². The smallest absolute Gasteiger partial charge is 0.0788 e. The van der Waals surface area contributed by atoms with Crippen LogP contribution in [-0.2, 0) is 0 Å². The van der Waals surface area contributed by atoms with E-state index in [0.29, 0.717) is 0 Å². The monoisotopic (exact) mass is 352 g/mol. The minimum absolute atomic E-state index is 1.37. The number of hydrogen-bond acceptors (Lipinski definition) is 0. The predicted octanol–water partition coefficient (Wildman–Crippen LogP) is 7.88. The molecule has 150 valence electrons. The highest BCUT2D eigenvalue weighted by molar-refractivity contribution is 4.57. The highest BCUT2D eigenvalue weighted by atomic mass is 15.4. The third-order valence-corrected chi connectivity index (χ3v) is 6.49. The lowest BCUT2D eigenvalue weighted by molar-refractivity contribution is -0.917. The highest BCUT2D eigenvalue weighted by Crippen LogP contribution is 2.23. The molecule has 0 aromatic rings. The summed E-state index contributed by atoms with van der Waals surface area (Å²) in [6.07, 6.45) is 26.4. The molecule has 0 aliphatic carbocycles. The van der Waals surface area contributed by atoms with Crippen LogP contribution in [0.2, 0.25) is 0 Å². The van der Waals surface area contributed by atoms with Crippen molar-refractivity contribution in [3.05, 3.63) is 0 Å². The first-order chi connectivity index (χ1) is 12.3. The van der Waals surface area contributed by atoms with Crippen LogP contribution in [0.4, 0.5) is 0 Å². The SMILES string of the molecule is CCCCCCCCCCCCCC[N+]1(CCCCCC)CCCC1. The van der Waals surface area contributed by atoms with Crippen molar-refractivity contribution in [1.29, 1.82) is 0 Å². The van der Waals surface area contributed by atoms with Gasteiger partial charge in [-0.25, -0.2) is 0 Å². The number of hydrogen-bond donors (Lipinski definition) is 0. The molecule has 0 spiro atoms.